The molecule has 162 valence electrons. The van der Waals surface area contributed by atoms with Crippen molar-refractivity contribution in [2.45, 2.75) is 19.4 Å². The van der Waals surface area contributed by atoms with Gasteiger partial charge in [0.2, 0.25) is 0 Å². The Morgan fingerprint density at radius 3 is 2.81 bits per heavy atom. The molecule has 2 aromatic heterocycles. The number of aryl methyl sites for hydroxylation is 1. The van der Waals surface area contributed by atoms with Crippen LogP contribution < -0.4 is 0 Å². The first-order valence-electron chi connectivity index (χ1n) is 10.7. The standard InChI is InChI=1S/C25H24N4O2S/c1-18-7-8-23(29-26-9-10-27-29)22(14-18)25(30)28-11-12-31-17-21(28)16-19-4-2-5-20(15-19)24-6-3-13-32-24/h2-10,13-15,21H,11-12,16-17H2,1H3. The summed E-state index contributed by atoms with van der Waals surface area (Å²) < 4.78 is 5.78. The minimum Gasteiger partial charge on any atom is -0.377 e. The van der Waals surface area contributed by atoms with Crippen molar-refractivity contribution in [1.29, 1.82) is 0 Å². The number of rotatable bonds is 5. The highest BCUT2D eigenvalue weighted by Crippen LogP contribution is 2.27. The first-order chi connectivity index (χ1) is 15.7. The molecule has 2 aromatic carbocycles. The fraction of sp³-hybridized carbons (Fsp3) is 0.240. The molecule has 3 heterocycles. The Morgan fingerprint density at radius 2 is 2.00 bits per heavy atom. The molecule has 1 saturated heterocycles. The van der Waals surface area contributed by atoms with Crippen LogP contribution in [-0.4, -0.2) is 51.6 Å². The lowest BCUT2D eigenvalue weighted by molar-refractivity contribution is -0.00165. The first kappa shape index (κ1) is 20.6. The van der Waals surface area contributed by atoms with Gasteiger partial charge in [0.15, 0.2) is 0 Å². The molecule has 1 amide bonds. The number of ether oxygens (including phenoxy) is 1. The third-order valence-corrected chi connectivity index (χ3v) is 6.63. The van der Waals surface area contributed by atoms with E-state index >= 15 is 0 Å². The third kappa shape index (κ3) is 4.22. The van der Waals surface area contributed by atoms with Gasteiger partial charge in [0.05, 0.1) is 42.9 Å². The Morgan fingerprint density at radius 1 is 1.12 bits per heavy atom. The van der Waals surface area contributed by atoms with E-state index in [1.807, 2.05) is 30.0 Å². The van der Waals surface area contributed by atoms with Crippen molar-refractivity contribution in [3.63, 3.8) is 0 Å². The topological polar surface area (TPSA) is 60.2 Å². The van der Waals surface area contributed by atoms with Crippen molar-refractivity contribution < 1.29 is 9.53 Å². The van der Waals surface area contributed by atoms with Gasteiger partial charge in [-0.3, -0.25) is 4.79 Å². The van der Waals surface area contributed by atoms with Gasteiger partial charge in [-0.2, -0.15) is 15.0 Å². The average molecular weight is 445 g/mol. The zero-order chi connectivity index (χ0) is 21.9. The van der Waals surface area contributed by atoms with E-state index in [1.54, 1.807) is 23.7 Å². The van der Waals surface area contributed by atoms with Crippen LogP contribution in [0.25, 0.3) is 16.1 Å². The second-order valence-electron chi connectivity index (χ2n) is 7.95. The molecule has 32 heavy (non-hydrogen) atoms. The van der Waals surface area contributed by atoms with Crippen LogP contribution in [0.5, 0.6) is 0 Å². The summed E-state index contributed by atoms with van der Waals surface area (Å²) in [5.41, 5.74) is 4.73. The highest BCUT2D eigenvalue weighted by atomic mass is 32.1. The van der Waals surface area contributed by atoms with Crippen molar-refractivity contribution >= 4 is 17.2 Å². The molecule has 1 fully saturated rings. The van der Waals surface area contributed by atoms with Crippen molar-refractivity contribution in [3.05, 3.63) is 89.1 Å². The van der Waals surface area contributed by atoms with Crippen LogP contribution >= 0.6 is 11.3 Å². The Labute approximate surface area is 191 Å². The Hall–Kier alpha value is -3.29. The maximum Gasteiger partial charge on any atom is 0.256 e. The third-order valence-electron chi connectivity index (χ3n) is 5.71. The smallest absolute Gasteiger partial charge is 0.256 e. The van der Waals surface area contributed by atoms with Gasteiger partial charge in [-0.1, -0.05) is 42.0 Å². The molecular formula is C25H24N4O2S. The van der Waals surface area contributed by atoms with Crippen LogP contribution in [-0.2, 0) is 11.2 Å². The highest BCUT2D eigenvalue weighted by molar-refractivity contribution is 7.13. The minimum atomic E-state index is -0.0335. The Balaban J connectivity index is 1.43. The van der Waals surface area contributed by atoms with Gasteiger partial charge in [-0.15, -0.1) is 11.3 Å². The van der Waals surface area contributed by atoms with Crippen molar-refractivity contribution in [2.24, 2.45) is 0 Å². The van der Waals surface area contributed by atoms with Crippen LogP contribution in [0.4, 0.5) is 0 Å². The van der Waals surface area contributed by atoms with Crippen molar-refractivity contribution in [2.75, 3.05) is 19.8 Å². The van der Waals surface area contributed by atoms with Gasteiger partial charge >= 0.3 is 0 Å². The van der Waals surface area contributed by atoms with Gasteiger partial charge < -0.3 is 9.64 Å². The number of hydrogen-bond acceptors (Lipinski definition) is 5. The SMILES string of the molecule is Cc1ccc(-n2nccn2)c(C(=O)N2CCOCC2Cc2cccc(-c3cccs3)c2)c1. The maximum atomic E-state index is 13.7. The fourth-order valence-electron chi connectivity index (χ4n) is 4.15. The zero-order valence-electron chi connectivity index (χ0n) is 17.8. The molecule has 0 spiro atoms. The number of carbonyl (C=O) groups is 1. The Kier molecular flexibility index (Phi) is 5.83. The van der Waals surface area contributed by atoms with Gasteiger partial charge in [-0.05, 0) is 48.1 Å². The minimum absolute atomic E-state index is 0.0105. The van der Waals surface area contributed by atoms with E-state index in [2.05, 4.69) is 52.0 Å². The molecule has 0 bridgehead atoms. The number of nitrogens with zero attached hydrogens (tertiary/aromatic N) is 4. The summed E-state index contributed by atoms with van der Waals surface area (Å²) in [7, 11) is 0. The van der Waals surface area contributed by atoms with Crippen molar-refractivity contribution in [3.8, 4) is 16.1 Å². The summed E-state index contributed by atoms with van der Waals surface area (Å²) in [4.78, 5) is 18.4. The molecule has 5 rings (SSSR count). The number of aromatic nitrogens is 3. The highest BCUT2D eigenvalue weighted by Gasteiger charge is 2.30. The Bertz CT molecular complexity index is 1200. The lowest BCUT2D eigenvalue weighted by Gasteiger charge is -2.36. The zero-order valence-corrected chi connectivity index (χ0v) is 18.7. The molecule has 0 N–H and O–H groups in total. The molecule has 1 unspecified atom stereocenters. The number of morpholine rings is 1. The van der Waals surface area contributed by atoms with Gasteiger partial charge in [0.1, 0.15) is 0 Å². The van der Waals surface area contributed by atoms with E-state index in [1.165, 1.54) is 20.8 Å². The maximum absolute atomic E-state index is 13.7. The fourth-order valence-corrected chi connectivity index (χ4v) is 4.87. The molecule has 0 saturated carbocycles. The lowest BCUT2D eigenvalue weighted by atomic mass is 10.00. The first-order valence-corrected chi connectivity index (χ1v) is 11.6. The van der Waals surface area contributed by atoms with Crippen molar-refractivity contribution in [1.82, 2.24) is 19.9 Å². The van der Waals surface area contributed by atoms with E-state index in [9.17, 15) is 4.79 Å². The quantitative estimate of drug-likeness (QED) is 0.458. The van der Waals surface area contributed by atoms with Gasteiger partial charge in [0, 0.05) is 11.4 Å². The summed E-state index contributed by atoms with van der Waals surface area (Å²) in [6.45, 7) is 3.62. The molecule has 1 atom stereocenters. The number of carbonyl (C=O) groups excluding carboxylic acids is 1. The van der Waals surface area contributed by atoms with Crippen LogP contribution in [0.1, 0.15) is 21.5 Å². The van der Waals surface area contributed by atoms with Gasteiger partial charge in [0.25, 0.3) is 5.91 Å². The number of thiophene rings is 1. The predicted molar refractivity (Wildman–Crippen MR) is 125 cm³/mol. The van der Waals surface area contributed by atoms with E-state index < -0.39 is 0 Å². The molecule has 7 heteroatoms. The molecule has 0 aliphatic carbocycles. The number of hydrogen-bond donors (Lipinski definition) is 0. The van der Waals surface area contributed by atoms with E-state index in [-0.39, 0.29) is 11.9 Å². The monoisotopic (exact) mass is 444 g/mol. The summed E-state index contributed by atoms with van der Waals surface area (Å²) in [5.74, 6) is -0.0105. The second-order valence-corrected chi connectivity index (χ2v) is 8.90. The summed E-state index contributed by atoms with van der Waals surface area (Å²) in [6, 6.07) is 18.5. The normalized spacial score (nSPS) is 16.3. The lowest BCUT2D eigenvalue weighted by Crippen LogP contribution is -2.50. The number of benzene rings is 2. The molecule has 1 aliphatic heterocycles. The molecule has 1 aliphatic rings. The molecular weight excluding hydrogens is 420 g/mol. The molecule has 6 nitrogen and oxygen atoms in total. The molecule has 4 aromatic rings. The van der Waals surface area contributed by atoms with Gasteiger partial charge in [-0.25, -0.2) is 0 Å². The number of amides is 1. The van der Waals surface area contributed by atoms with Crippen LogP contribution in [0.2, 0.25) is 0 Å². The van der Waals surface area contributed by atoms with E-state index in [0.29, 0.717) is 31.0 Å². The van der Waals surface area contributed by atoms with E-state index in [4.69, 9.17) is 4.74 Å². The van der Waals surface area contributed by atoms with Crippen LogP contribution in [0.15, 0.2) is 72.4 Å². The summed E-state index contributed by atoms with van der Waals surface area (Å²) >= 11 is 1.73. The van der Waals surface area contributed by atoms with E-state index in [0.717, 1.165) is 12.0 Å². The largest absolute Gasteiger partial charge is 0.377 e. The second kappa shape index (κ2) is 9.06. The molecule has 0 radical (unpaired) electrons. The average Bonchev–Trinajstić information content (AvgIpc) is 3.54. The van der Waals surface area contributed by atoms with Crippen LogP contribution in [0, 0.1) is 6.92 Å². The summed E-state index contributed by atoms with van der Waals surface area (Å²) in [6.07, 6.45) is 3.98. The summed E-state index contributed by atoms with van der Waals surface area (Å²) in [5, 5.41) is 10.6. The predicted octanol–water partition coefficient (Wildman–Crippen LogP) is 4.39. The van der Waals surface area contributed by atoms with Crippen LogP contribution in [0.3, 0.4) is 0 Å².